The maximum atomic E-state index is 6.15. The highest BCUT2D eigenvalue weighted by Crippen LogP contribution is 2.22. The molecule has 0 amide bonds. The molecule has 4 heteroatoms. The molecule has 0 bridgehead atoms. The van der Waals surface area contributed by atoms with E-state index in [2.05, 4.69) is 34.7 Å². The van der Waals surface area contributed by atoms with Crippen molar-refractivity contribution in [3.8, 4) is 0 Å². The van der Waals surface area contributed by atoms with Crippen molar-refractivity contribution >= 4 is 39.1 Å². The highest BCUT2D eigenvalue weighted by Gasteiger charge is 2.11. The van der Waals surface area contributed by atoms with Gasteiger partial charge in [-0.3, -0.25) is 4.90 Å². The maximum absolute atomic E-state index is 6.15. The van der Waals surface area contributed by atoms with Crippen LogP contribution in [0.4, 0.5) is 0 Å². The minimum atomic E-state index is 0.493. The molecule has 0 aliphatic rings. The molecule has 0 heterocycles. The van der Waals surface area contributed by atoms with E-state index in [-0.39, 0.29) is 0 Å². The molecular formula is C12H16BrCl2N. The minimum Gasteiger partial charge on any atom is -0.296 e. The molecule has 0 fully saturated rings. The zero-order valence-corrected chi connectivity index (χ0v) is 12.6. The fourth-order valence-electron chi connectivity index (χ4n) is 1.51. The van der Waals surface area contributed by atoms with Crippen LogP contribution in [0.25, 0.3) is 0 Å². The molecule has 1 nitrogen and oxygen atoms in total. The fourth-order valence-corrected chi connectivity index (χ4v) is 2.34. The van der Waals surface area contributed by atoms with E-state index in [4.69, 9.17) is 23.2 Å². The monoisotopic (exact) mass is 323 g/mol. The maximum Gasteiger partial charge on any atom is 0.0452 e. The predicted molar refractivity (Wildman–Crippen MR) is 75.8 cm³/mol. The lowest BCUT2D eigenvalue weighted by atomic mass is 10.2. The van der Waals surface area contributed by atoms with E-state index in [1.54, 1.807) is 0 Å². The van der Waals surface area contributed by atoms with E-state index in [0.29, 0.717) is 6.04 Å². The summed E-state index contributed by atoms with van der Waals surface area (Å²) in [6.07, 6.45) is 0. The summed E-state index contributed by atoms with van der Waals surface area (Å²) in [7, 11) is 0. The van der Waals surface area contributed by atoms with Crippen LogP contribution in [0.1, 0.15) is 19.4 Å². The van der Waals surface area contributed by atoms with Crippen LogP contribution in [0.5, 0.6) is 0 Å². The van der Waals surface area contributed by atoms with Crippen LogP contribution in [0.3, 0.4) is 0 Å². The molecule has 1 aromatic rings. The van der Waals surface area contributed by atoms with Crippen LogP contribution in [0.15, 0.2) is 18.2 Å². The second kappa shape index (κ2) is 6.85. The number of nitrogens with zero attached hydrogens (tertiary/aromatic N) is 1. The van der Waals surface area contributed by atoms with Crippen molar-refractivity contribution in [3.63, 3.8) is 0 Å². The highest BCUT2D eigenvalue weighted by atomic mass is 79.9. The van der Waals surface area contributed by atoms with Gasteiger partial charge >= 0.3 is 0 Å². The van der Waals surface area contributed by atoms with Crippen molar-refractivity contribution in [2.45, 2.75) is 26.4 Å². The van der Waals surface area contributed by atoms with Gasteiger partial charge < -0.3 is 0 Å². The summed E-state index contributed by atoms with van der Waals surface area (Å²) in [5.74, 6) is 0. The van der Waals surface area contributed by atoms with Crippen LogP contribution in [0, 0.1) is 0 Å². The first-order chi connectivity index (χ1) is 7.54. The molecule has 0 aliphatic carbocycles. The third kappa shape index (κ3) is 4.25. The summed E-state index contributed by atoms with van der Waals surface area (Å²) in [5, 5.41) is 2.48. The number of benzene rings is 1. The lowest BCUT2D eigenvalue weighted by Crippen LogP contribution is -2.32. The minimum absolute atomic E-state index is 0.493. The molecule has 0 N–H and O–H groups in total. The Morgan fingerprint density at radius 2 is 2.00 bits per heavy atom. The molecule has 0 unspecified atom stereocenters. The van der Waals surface area contributed by atoms with Gasteiger partial charge in [-0.2, -0.15) is 0 Å². The molecule has 1 aromatic carbocycles. The molecule has 0 atom stereocenters. The van der Waals surface area contributed by atoms with Crippen molar-refractivity contribution in [2.75, 3.05) is 11.9 Å². The summed E-state index contributed by atoms with van der Waals surface area (Å²) in [6.45, 7) is 6.20. The Morgan fingerprint density at radius 3 is 2.56 bits per heavy atom. The second-order valence-electron chi connectivity index (χ2n) is 3.99. The SMILES string of the molecule is CC(C)N(CCBr)Cc1cc(Cl)ccc1Cl. The van der Waals surface area contributed by atoms with E-state index in [1.807, 2.05) is 18.2 Å². The van der Waals surface area contributed by atoms with Gasteiger partial charge in [0.15, 0.2) is 0 Å². The molecule has 0 aromatic heterocycles. The van der Waals surface area contributed by atoms with Crippen molar-refractivity contribution in [1.29, 1.82) is 0 Å². The Bertz CT molecular complexity index is 342. The van der Waals surface area contributed by atoms with Crippen molar-refractivity contribution < 1.29 is 0 Å². The van der Waals surface area contributed by atoms with Crippen molar-refractivity contribution in [3.05, 3.63) is 33.8 Å². The normalized spacial score (nSPS) is 11.4. The zero-order chi connectivity index (χ0) is 12.1. The number of hydrogen-bond acceptors (Lipinski definition) is 1. The van der Waals surface area contributed by atoms with Gasteiger partial charge in [-0.25, -0.2) is 0 Å². The van der Waals surface area contributed by atoms with Crippen LogP contribution in [0.2, 0.25) is 10.0 Å². The van der Waals surface area contributed by atoms with E-state index in [1.165, 1.54) is 0 Å². The molecule has 0 aliphatic heterocycles. The van der Waals surface area contributed by atoms with Gasteiger partial charge in [-0.05, 0) is 37.6 Å². The first-order valence-corrected chi connectivity index (χ1v) is 7.16. The van der Waals surface area contributed by atoms with Gasteiger partial charge in [0.1, 0.15) is 0 Å². The summed E-state index contributed by atoms with van der Waals surface area (Å²) >= 11 is 15.6. The second-order valence-corrected chi connectivity index (χ2v) is 5.63. The Hall–Kier alpha value is 0.240. The van der Waals surface area contributed by atoms with Gasteiger partial charge in [-0.1, -0.05) is 39.1 Å². The van der Waals surface area contributed by atoms with E-state index < -0.39 is 0 Å². The van der Waals surface area contributed by atoms with Gasteiger partial charge in [-0.15, -0.1) is 0 Å². The lowest BCUT2D eigenvalue weighted by molar-refractivity contribution is 0.227. The van der Waals surface area contributed by atoms with Crippen LogP contribution < -0.4 is 0 Å². The number of alkyl halides is 1. The number of rotatable bonds is 5. The van der Waals surface area contributed by atoms with E-state index in [9.17, 15) is 0 Å². The summed E-state index contributed by atoms with van der Waals surface area (Å²) in [5.41, 5.74) is 1.09. The molecule has 0 saturated heterocycles. The topological polar surface area (TPSA) is 3.24 Å². The molecule has 0 saturated carbocycles. The van der Waals surface area contributed by atoms with Gasteiger partial charge in [0.2, 0.25) is 0 Å². The van der Waals surface area contributed by atoms with Gasteiger partial charge in [0.25, 0.3) is 0 Å². The zero-order valence-electron chi connectivity index (χ0n) is 9.51. The van der Waals surface area contributed by atoms with Crippen molar-refractivity contribution in [2.24, 2.45) is 0 Å². The molecule has 0 spiro atoms. The molecule has 1 rings (SSSR count). The average molecular weight is 325 g/mol. The molecule has 16 heavy (non-hydrogen) atoms. The quantitative estimate of drug-likeness (QED) is 0.715. The number of hydrogen-bond donors (Lipinski definition) is 0. The largest absolute Gasteiger partial charge is 0.296 e. The van der Waals surface area contributed by atoms with Gasteiger partial charge in [0, 0.05) is 34.5 Å². The van der Waals surface area contributed by atoms with Crippen LogP contribution in [-0.4, -0.2) is 22.8 Å². The first-order valence-electron chi connectivity index (χ1n) is 5.28. The average Bonchev–Trinajstić information content (AvgIpc) is 2.22. The summed E-state index contributed by atoms with van der Waals surface area (Å²) < 4.78 is 0. The third-order valence-corrected chi connectivity index (χ3v) is 3.44. The highest BCUT2D eigenvalue weighted by molar-refractivity contribution is 9.09. The number of halogens is 3. The Labute approximate surface area is 116 Å². The lowest BCUT2D eigenvalue weighted by Gasteiger charge is -2.26. The van der Waals surface area contributed by atoms with Crippen LogP contribution >= 0.6 is 39.1 Å². The van der Waals surface area contributed by atoms with Crippen LogP contribution in [-0.2, 0) is 6.54 Å². The van der Waals surface area contributed by atoms with Crippen molar-refractivity contribution in [1.82, 2.24) is 4.90 Å². The van der Waals surface area contributed by atoms with E-state index in [0.717, 1.165) is 34.0 Å². The Balaban J connectivity index is 2.80. The molecule has 0 radical (unpaired) electrons. The molecule has 90 valence electrons. The third-order valence-electron chi connectivity index (χ3n) is 2.48. The standard InChI is InChI=1S/C12H16BrCl2N/c1-9(2)16(6-5-13)8-10-7-11(14)3-4-12(10)15/h3-4,7,9H,5-6,8H2,1-2H3. The van der Waals surface area contributed by atoms with E-state index >= 15 is 0 Å². The predicted octanol–water partition coefficient (Wildman–Crippen LogP) is 4.60. The summed E-state index contributed by atoms with van der Waals surface area (Å²) in [4.78, 5) is 2.35. The smallest absolute Gasteiger partial charge is 0.0452 e. The Kier molecular flexibility index (Phi) is 6.12. The van der Waals surface area contributed by atoms with Gasteiger partial charge in [0.05, 0.1) is 0 Å². The first kappa shape index (κ1) is 14.3. The molecular weight excluding hydrogens is 309 g/mol. The Morgan fingerprint density at radius 1 is 1.31 bits per heavy atom. The fraction of sp³-hybridized carbons (Fsp3) is 0.500. The summed E-state index contributed by atoms with van der Waals surface area (Å²) in [6, 6.07) is 6.10.